The molecule has 1 atom stereocenters. The molecule has 1 amide bonds. The predicted molar refractivity (Wildman–Crippen MR) is 119 cm³/mol. The average molecular weight is 491 g/mol. The normalized spacial score (nSPS) is 12.6. The number of hydrogen-bond donors (Lipinski definition) is 3. The summed E-state index contributed by atoms with van der Waals surface area (Å²) in [6.45, 7) is 0.156. The lowest BCUT2D eigenvalue weighted by molar-refractivity contribution is -0.136. The van der Waals surface area contributed by atoms with Crippen LogP contribution in [0, 0.1) is 0 Å². The van der Waals surface area contributed by atoms with E-state index in [1.54, 1.807) is 24.3 Å². The number of aliphatic hydroxyl groups is 1. The Bertz CT molecular complexity index is 1340. The predicted octanol–water partition coefficient (Wildman–Crippen LogP) is 3.90. The fourth-order valence-electron chi connectivity index (χ4n) is 3.47. The topological polar surface area (TPSA) is 118 Å². The Morgan fingerprint density at radius 1 is 1.21 bits per heavy atom. The van der Waals surface area contributed by atoms with Crippen molar-refractivity contribution in [1.29, 1.82) is 0 Å². The number of anilines is 1. The van der Waals surface area contributed by atoms with Gasteiger partial charge in [0.05, 0.1) is 22.9 Å². The van der Waals surface area contributed by atoms with Crippen LogP contribution in [0.3, 0.4) is 0 Å². The van der Waals surface area contributed by atoms with Crippen molar-refractivity contribution in [3.05, 3.63) is 76.8 Å². The third-order valence-electron chi connectivity index (χ3n) is 5.14. The number of nitrogens with two attached hydrogens (primary N) is 1. The Morgan fingerprint density at radius 3 is 2.65 bits per heavy atom. The minimum Gasteiger partial charge on any atom is -0.388 e. The highest BCUT2D eigenvalue weighted by atomic mass is 35.5. The molecule has 12 heteroatoms. The highest BCUT2D eigenvalue weighted by Gasteiger charge is 2.36. The molecule has 4 rings (SSSR count). The van der Waals surface area contributed by atoms with Crippen LogP contribution in [0.4, 0.5) is 19.0 Å². The van der Waals surface area contributed by atoms with Crippen LogP contribution < -0.4 is 11.1 Å². The lowest BCUT2D eigenvalue weighted by Gasteiger charge is -2.12. The summed E-state index contributed by atoms with van der Waals surface area (Å²) in [6, 6.07) is 8.98. The van der Waals surface area contributed by atoms with Gasteiger partial charge in [-0.15, -0.1) is 0 Å². The Labute approximate surface area is 196 Å². The highest BCUT2D eigenvalue weighted by molar-refractivity contribution is 6.30. The van der Waals surface area contributed by atoms with Crippen molar-refractivity contribution in [1.82, 2.24) is 24.9 Å². The largest absolute Gasteiger partial charge is 0.418 e. The summed E-state index contributed by atoms with van der Waals surface area (Å²) in [5.74, 6) is -0.821. The molecule has 176 valence electrons. The van der Waals surface area contributed by atoms with Crippen LogP contribution in [0.2, 0.25) is 5.02 Å². The number of nitrogens with zero attached hydrogens (tertiary/aromatic N) is 4. The third-order valence-corrected chi connectivity index (χ3v) is 5.39. The van der Waals surface area contributed by atoms with E-state index < -0.39 is 23.8 Å². The van der Waals surface area contributed by atoms with E-state index >= 15 is 0 Å². The van der Waals surface area contributed by atoms with Crippen molar-refractivity contribution < 1.29 is 23.1 Å². The summed E-state index contributed by atoms with van der Waals surface area (Å²) in [5.41, 5.74) is 5.37. The number of aromatic nitrogens is 4. The molecule has 4 N–H and O–H groups in total. The Hall–Kier alpha value is -3.70. The fourth-order valence-corrected chi connectivity index (χ4v) is 3.60. The first-order valence-electron chi connectivity index (χ1n) is 10.0. The SMILES string of the molecule is Nc1ncnn2c(-c3cncc(C(=O)NCC[C@@H](O)c4ccc(Cl)cc4)c3)cc(C(F)(F)F)c12. The van der Waals surface area contributed by atoms with Gasteiger partial charge in [0.15, 0.2) is 5.82 Å². The molecule has 0 aliphatic rings. The molecule has 0 radical (unpaired) electrons. The van der Waals surface area contributed by atoms with Crippen LogP contribution in [0.1, 0.15) is 34.0 Å². The van der Waals surface area contributed by atoms with Gasteiger partial charge in [-0.25, -0.2) is 9.50 Å². The Balaban J connectivity index is 1.53. The molecule has 0 aliphatic carbocycles. The van der Waals surface area contributed by atoms with Gasteiger partial charge in [0, 0.05) is 29.5 Å². The zero-order chi connectivity index (χ0) is 24.5. The molecule has 8 nitrogen and oxygen atoms in total. The van der Waals surface area contributed by atoms with Crippen molar-refractivity contribution in [2.24, 2.45) is 0 Å². The summed E-state index contributed by atoms with van der Waals surface area (Å²) < 4.78 is 41.7. The van der Waals surface area contributed by atoms with Gasteiger partial charge in [-0.05, 0) is 36.2 Å². The van der Waals surface area contributed by atoms with Crippen LogP contribution >= 0.6 is 11.6 Å². The number of aliphatic hydroxyl groups excluding tert-OH is 1. The van der Waals surface area contributed by atoms with Gasteiger partial charge in [-0.1, -0.05) is 23.7 Å². The van der Waals surface area contributed by atoms with Gasteiger partial charge in [0.1, 0.15) is 11.8 Å². The summed E-state index contributed by atoms with van der Waals surface area (Å²) in [7, 11) is 0. The van der Waals surface area contributed by atoms with Gasteiger partial charge in [-0.3, -0.25) is 9.78 Å². The van der Waals surface area contributed by atoms with Crippen LogP contribution in [-0.4, -0.2) is 37.1 Å². The summed E-state index contributed by atoms with van der Waals surface area (Å²) in [4.78, 5) is 20.2. The van der Waals surface area contributed by atoms with E-state index in [0.717, 1.165) is 16.9 Å². The van der Waals surface area contributed by atoms with Gasteiger partial charge in [-0.2, -0.15) is 18.3 Å². The summed E-state index contributed by atoms with van der Waals surface area (Å²) in [6.07, 6.45) is -1.59. The van der Waals surface area contributed by atoms with E-state index in [9.17, 15) is 23.1 Å². The Morgan fingerprint density at radius 2 is 1.94 bits per heavy atom. The maximum absolute atomic E-state index is 13.6. The summed E-state index contributed by atoms with van der Waals surface area (Å²) >= 11 is 5.84. The number of benzene rings is 1. The molecule has 0 saturated heterocycles. The number of nitrogen functional groups attached to an aromatic ring is 1. The second-order valence-corrected chi connectivity index (χ2v) is 7.86. The molecule has 4 aromatic rings. The van der Waals surface area contributed by atoms with E-state index in [0.29, 0.717) is 10.6 Å². The molecule has 3 aromatic heterocycles. The van der Waals surface area contributed by atoms with Crippen molar-refractivity contribution >= 4 is 28.8 Å². The molecule has 0 bridgehead atoms. The maximum Gasteiger partial charge on any atom is 0.418 e. The van der Waals surface area contributed by atoms with E-state index in [1.807, 2.05) is 0 Å². The zero-order valence-electron chi connectivity index (χ0n) is 17.4. The van der Waals surface area contributed by atoms with Gasteiger partial charge < -0.3 is 16.2 Å². The average Bonchev–Trinajstić information content (AvgIpc) is 3.21. The van der Waals surface area contributed by atoms with E-state index in [1.165, 1.54) is 18.5 Å². The number of hydrogen-bond acceptors (Lipinski definition) is 6. The zero-order valence-corrected chi connectivity index (χ0v) is 18.2. The van der Waals surface area contributed by atoms with Crippen LogP contribution in [0.25, 0.3) is 16.8 Å². The van der Waals surface area contributed by atoms with Crippen LogP contribution in [-0.2, 0) is 6.18 Å². The number of halogens is 4. The molecular weight excluding hydrogens is 473 g/mol. The smallest absolute Gasteiger partial charge is 0.388 e. The minimum absolute atomic E-state index is 0.0525. The second kappa shape index (κ2) is 9.27. The standard InChI is InChI=1S/C22H18ClF3N6O2/c23-15-3-1-12(2-4-15)18(33)5-6-29-21(34)14-7-13(9-28-10-14)17-8-16(22(24,25)26)19-20(27)30-11-31-32(17)19/h1-4,7-11,18,33H,5-6H2,(H,29,34)(H2,27,30,31)/t18-/m1/s1. The van der Waals surface area contributed by atoms with Gasteiger partial charge in [0.2, 0.25) is 0 Å². The van der Waals surface area contributed by atoms with Crippen LogP contribution in [0.5, 0.6) is 0 Å². The first-order valence-corrected chi connectivity index (χ1v) is 10.4. The molecule has 1 aromatic carbocycles. The van der Waals surface area contributed by atoms with Crippen molar-refractivity contribution in [3.8, 4) is 11.3 Å². The fraction of sp³-hybridized carbons (Fsp3) is 0.182. The quantitative estimate of drug-likeness (QED) is 0.377. The molecule has 0 spiro atoms. The van der Waals surface area contributed by atoms with E-state index in [2.05, 4.69) is 20.4 Å². The van der Waals surface area contributed by atoms with E-state index in [-0.39, 0.29) is 41.1 Å². The maximum atomic E-state index is 13.6. The molecule has 0 fully saturated rings. The highest BCUT2D eigenvalue weighted by Crippen LogP contribution is 2.38. The van der Waals surface area contributed by atoms with Gasteiger partial charge in [0.25, 0.3) is 5.91 Å². The number of pyridine rings is 1. The molecule has 0 aliphatic heterocycles. The molecule has 0 unspecified atom stereocenters. The van der Waals surface area contributed by atoms with Crippen molar-refractivity contribution in [3.63, 3.8) is 0 Å². The first kappa shape index (κ1) is 23.5. The number of nitrogens with one attached hydrogen (secondary N) is 1. The van der Waals surface area contributed by atoms with Crippen LogP contribution in [0.15, 0.2) is 55.1 Å². The lowest BCUT2D eigenvalue weighted by Crippen LogP contribution is -2.25. The molecule has 0 saturated carbocycles. The van der Waals surface area contributed by atoms with Crippen molar-refractivity contribution in [2.45, 2.75) is 18.7 Å². The third kappa shape index (κ3) is 4.80. The van der Waals surface area contributed by atoms with Gasteiger partial charge >= 0.3 is 6.18 Å². The second-order valence-electron chi connectivity index (χ2n) is 7.42. The molecular formula is C22H18ClF3N6O2. The molecule has 3 heterocycles. The number of rotatable bonds is 6. The monoisotopic (exact) mass is 490 g/mol. The Kier molecular flexibility index (Phi) is 6.40. The lowest BCUT2D eigenvalue weighted by atomic mass is 10.1. The number of carbonyl (C=O) groups excluding carboxylic acids is 1. The first-order chi connectivity index (χ1) is 16.1. The number of fused-ring (bicyclic) bond motifs is 1. The summed E-state index contributed by atoms with van der Waals surface area (Å²) in [5, 5.41) is 17.4. The van der Waals surface area contributed by atoms with E-state index in [4.69, 9.17) is 17.3 Å². The number of amides is 1. The number of alkyl halides is 3. The van der Waals surface area contributed by atoms with Crippen molar-refractivity contribution in [2.75, 3.05) is 12.3 Å². The molecule has 34 heavy (non-hydrogen) atoms. The minimum atomic E-state index is -4.68. The number of carbonyl (C=O) groups is 1.